The lowest BCUT2D eigenvalue weighted by Gasteiger charge is -2.31. The third-order valence-corrected chi connectivity index (χ3v) is 4.01. The first-order valence-electron chi connectivity index (χ1n) is 7.46. The summed E-state index contributed by atoms with van der Waals surface area (Å²) < 4.78 is 0. The standard InChI is InChI=1S/C17H27N/c1-13(2)11-15-5-4-6-17(12-15)18-16-9-7-14(3)8-10-16/h7-10,13,15,17-18H,4-6,11-12H2,1-3H3. The van der Waals surface area contributed by atoms with Crippen molar-refractivity contribution in [3.05, 3.63) is 29.8 Å². The molecule has 2 unspecified atom stereocenters. The van der Waals surface area contributed by atoms with Gasteiger partial charge < -0.3 is 5.32 Å². The molecule has 0 heterocycles. The first-order valence-corrected chi connectivity index (χ1v) is 7.46. The van der Waals surface area contributed by atoms with E-state index in [-0.39, 0.29) is 0 Å². The molecule has 100 valence electrons. The van der Waals surface area contributed by atoms with Gasteiger partial charge in [0.05, 0.1) is 0 Å². The van der Waals surface area contributed by atoms with Crippen LogP contribution in [0.4, 0.5) is 5.69 Å². The molecule has 1 aliphatic carbocycles. The van der Waals surface area contributed by atoms with Gasteiger partial charge in [0.1, 0.15) is 0 Å². The van der Waals surface area contributed by atoms with Gasteiger partial charge in [-0.05, 0) is 50.2 Å². The lowest BCUT2D eigenvalue weighted by atomic mass is 9.81. The first kappa shape index (κ1) is 13.5. The summed E-state index contributed by atoms with van der Waals surface area (Å²) in [4.78, 5) is 0. The Morgan fingerprint density at radius 2 is 1.89 bits per heavy atom. The largest absolute Gasteiger partial charge is 0.382 e. The predicted octanol–water partition coefficient (Wildman–Crippen LogP) is 5.01. The Labute approximate surface area is 112 Å². The maximum absolute atomic E-state index is 3.71. The average molecular weight is 245 g/mol. The molecule has 1 saturated carbocycles. The van der Waals surface area contributed by atoms with Crippen molar-refractivity contribution in [2.75, 3.05) is 5.32 Å². The molecule has 18 heavy (non-hydrogen) atoms. The van der Waals surface area contributed by atoms with Crippen LogP contribution in [0.25, 0.3) is 0 Å². The Balaban J connectivity index is 1.87. The zero-order valence-corrected chi connectivity index (χ0v) is 12.1. The van der Waals surface area contributed by atoms with E-state index >= 15 is 0 Å². The highest BCUT2D eigenvalue weighted by Crippen LogP contribution is 2.31. The van der Waals surface area contributed by atoms with Crippen LogP contribution in [0.1, 0.15) is 51.5 Å². The summed E-state index contributed by atoms with van der Waals surface area (Å²) in [6.45, 7) is 6.83. The molecule has 0 saturated heterocycles. The fourth-order valence-corrected chi connectivity index (χ4v) is 3.19. The van der Waals surface area contributed by atoms with Gasteiger partial charge in [0.25, 0.3) is 0 Å². The van der Waals surface area contributed by atoms with Gasteiger partial charge in [-0.15, -0.1) is 0 Å². The highest BCUT2D eigenvalue weighted by Gasteiger charge is 2.22. The molecule has 1 aromatic rings. The summed E-state index contributed by atoms with van der Waals surface area (Å²) in [6, 6.07) is 9.49. The molecule has 0 bridgehead atoms. The minimum Gasteiger partial charge on any atom is -0.382 e. The van der Waals surface area contributed by atoms with Crippen molar-refractivity contribution in [1.82, 2.24) is 0 Å². The van der Waals surface area contributed by atoms with Crippen LogP contribution in [-0.4, -0.2) is 6.04 Å². The van der Waals surface area contributed by atoms with Gasteiger partial charge in [-0.1, -0.05) is 44.4 Å². The normalized spacial score (nSPS) is 24.2. The lowest BCUT2D eigenvalue weighted by molar-refractivity contribution is 0.289. The van der Waals surface area contributed by atoms with Gasteiger partial charge >= 0.3 is 0 Å². The van der Waals surface area contributed by atoms with Crippen LogP contribution >= 0.6 is 0 Å². The molecule has 1 heteroatoms. The van der Waals surface area contributed by atoms with Crippen molar-refractivity contribution < 1.29 is 0 Å². The molecule has 1 aliphatic rings. The quantitative estimate of drug-likeness (QED) is 0.786. The Kier molecular flexibility index (Phi) is 4.68. The van der Waals surface area contributed by atoms with Crippen molar-refractivity contribution >= 4 is 5.69 Å². The molecule has 0 radical (unpaired) electrons. The molecule has 0 aliphatic heterocycles. The summed E-state index contributed by atoms with van der Waals surface area (Å²) >= 11 is 0. The average Bonchev–Trinajstić information content (AvgIpc) is 2.32. The first-order chi connectivity index (χ1) is 8.63. The second-order valence-corrected chi connectivity index (χ2v) is 6.37. The monoisotopic (exact) mass is 245 g/mol. The third kappa shape index (κ3) is 4.04. The number of benzene rings is 1. The van der Waals surface area contributed by atoms with E-state index in [9.17, 15) is 0 Å². The molecule has 1 fully saturated rings. The van der Waals surface area contributed by atoms with Gasteiger partial charge in [-0.3, -0.25) is 0 Å². The summed E-state index contributed by atoms with van der Waals surface area (Å²) in [6.07, 6.45) is 6.91. The fourth-order valence-electron chi connectivity index (χ4n) is 3.19. The van der Waals surface area contributed by atoms with Crippen LogP contribution in [0, 0.1) is 18.8 Å². The zero-order chi connectivity index (χ0) is 13.0. The van der Waals surface area contributed by atoms with Crippen LogP contribution in [0.5, 0.6) is 0 Å². The molecule has 0 amide bonds. The van der Waals surface area contributed by atoms with Crippen LogP contribution in [0.2, 0.25) is 0 Å². The van der Waals surface area contributed by atoms with Crippen LogP contribution in [0.3, 0.4) is 0 Å². The molecular weight excluding hydrogens is 218 g/mol. The number of hydrogen-bond donors (Lipinski definition) is 1. The summed E-state index contributed by atoms with van der Waals surface area (Å²) in [5.41, 5.74) is 2.62. The molecule has 2 atom stereocenters. The number of aryl methyl sites for hydroxylation is 1. The Morgan fingerprint density at radius 3 is 2.56 bits per heavy atom. The molecule has 0 spiro atoms. The Morgan fingerprint density at radius 1 is 1.17 bits per heavy atom. The van der Waals surface area contributed by atoms with E-state index in [2.05, 4.69) is 50.4 Å². The second kappa shape index (κ2) is 6.26. The predicted molar refractivity (Wildman–Crippen MR) is 80.0 cm³/mol. The summed E-state index contributed by atoms with van der Waals surface area (Å²) in [5.74, 6) is 1.77. The van der Waals surface area contributed by atoms with E-state index in [0.29, 0.717) is 6.04 Å². The number of anilines is 1. The van der Waals surface area contributed by atoms with Gasteiger partial charge in [0, 0.05) is 11.7 Å². The lowest BCUT2D eigenvalue weighted by Crippen LogP contribution is -2.27. The van der Waals surface area contributed by atoms with Crippen molar-refractivity contribution in [3.8, 4) is 0 Å². The fraction of sp³-hybridized carbons (Fsp3) is 0.647. The van der Waals surface area contributed by atoms with Crippen LogP contribution in [0.15, 0.2) is 24.3 Å². The van der Waals surface area contributed by atoms with E-state index in [1.54, 1.807) is 0 Å². The number of nitrogens with one attached hydrogen (secondary N) is 1. The van der Waals surface area contributed by atoms with E-state index < -0.39 is 0 Å². The molecular formula is C17H27N. The van der Waals surface area contributed by atoms with Crippen LogP contribution < -0.4 is 5.32 Å². The van der Waals surface area contributed by atoms with Gasteiger partial charge in [-0.2, -0.15) is 0 Å². The van der Waals surface area contributed by atoms with Crippen molar-refractivity contribution in [3.63, 3.8) is 0 Å². The maximum atomic E-state index is 3.71. The zero-order valence-electron chi connectivity index (χ0n) is 12.1. The number of rotatable bonds is 4. The van der Waals surface area contributed by atoms with Gasteiger partial charge in [0.2, 0.25) is 0 Å². The molecule has 1 aromatic carbocycles. The topological polar surface area (TPSA) is 12.0 Å². The van der Waals surface area contributed by atoms with Crippen molar-refractivity contribution in [2.24, 2.45) is 11.8 Å². The summed E-state index contributed by atoms with van der Waals surface area (Å²) in [7, 11) is 0. The van der Waals surface area contributed by atoms with Gasteiger partial charge in [0.15, 0.2) is 0 Å². The smallest absolute Gasteiger partial charge is 0.0342 e. The molecule has 1 nitrogen and oxygen atoms in total. The Hall–Kier alpha value is -0.980. The maximum Gasteiger partial charge on any atom is 0.0342 e. The second-order valence-electron chi connectivity index (χ2n) is 6.37. The van der Waals surface area contributed by atoms with E-state index in [4.69, 9.17) is 0 Å². The molecule has 0 aromatic heterocycles. The van der Waals surface area contributed by atoms with E-state index in [0.717, 1.165) is 11.8 Å². The van der Waals surface area contributed by atoms with Gasteiger partial charge in [-0.25, -0.2) is 0 Å². The minimum absolute atomic E-state index is 0.685. The van der Waals surface area contributed by atoms with Crippen LogP contribution in [-0.2, 0) is 0 Å². The highest BCUT2D eigenvalue weighted by molar-refractivity contribution is 5.45. The van der Waals surface area contributed by atoms with E-state index in [1.807, 2.05) is 0 Å². The summed E-state index contributed by atoms with van der Waals surface area (Å²) in [5, 5.41) is 3.71. The number of hydrogen-bond acceptors (Lipinski definition) is 1. The van der Waals surface area contributed by atoms with E-state index in [1.165, 1.54) is 43.4 Å². The molecule has 1 N–H and O–H groups in total. The highest BCUT2D eigenvalue weighted by atomic mass is 14.9. The molecule has 2 rings (SSSR count). The Bertz CT molecular complexity index is 352. The third-order valence-electron chi connectivity index (χ3n) is 4.01. The van der Waals surface area contributed by atoms with Crippen molar-refractivity contribution in [1.29, 1.82) is 0 Å². The SMILES string of the molecule is Cc1ccc(NC2CCCC(CC(C)C)C2)cc1. The van der Waals surface area contributed by atoms with Crippen molar-refractivity contribution in [2.45, 2.75) is 58.9 Å². The minimum atomic E-state index is 0.685.